The fourth-order valence-corrected chi connectivity index (χ4v) is 5.03. The highest BCUT2D eigenvalue weighted by Gasteiger charge is 2.44. The average molecular weight is 435 g/mol. The van der Waals surface area contributed by atoms with Crippen LogP contribution < -0.4 is 0 Å². The third-order valence-electron chi connectivity index (χ3n) is 7.05. The molecule has 1 fully saturated rings. The van der Waals surface area contributed by atoms with Crippen LogP contribution in [0.25, 0.3) is 0 Å². The van der Waals surface area contributed by atoms with Crippen LogP contribution in [0.15, 0.2) is 23.8 Å². The first-order valence-corrected chi connectivity index (χ1v) is 11.4. The molecule has 2 N–H and O–H groups in total. The van der Waals surface area contributed by atoms with Gasteiger partial charge in [0.15, 0.2) is 0 Å². The van der Waals surface area contributed by atoms with Crippen LogP contribution in [0.3, 0.4) is 0 Å². The summed E-state index contributed by atoms with van der Waals surface area (Å²) in [7, 11) is 0. The highest BCUT2D eigenvalue weighted by atomic mass is 16.6. The maximum absolute atomic E-state index is 12.6. The fourth-order valence-electron chi connectivity index (χ4n) is 5.03. The van der Waals surface area contributed by atoms with E-state index in [0.717, 1.165) is 12.0 Å². The molecule has 0 bridgehead atoms. The molecule has 7 nitrogen and oxygen atoms in total. The molecule has 3 rings (SSSR count). The number of aliphatic hydroxyl groups excluding tert-OH is 1. The van der Waals surface area contributed by atoms with Gasteiger partial charge in [0.2, 0.25) is 0 Å². The number of carbonyl (C=O) groups is 3. The maximum atomic E-state index is 12.6. The Bertz CT molecular complexity index is 755. The molecular weight excluding hydrogens is 400 g/mol. The summed E-state index contributed by atoms with van der Waals surface area (Å²) in [6.45, 7) is 5.85. The Morgan fingerprint density at radius 2 is 2.03 bits per heavy atom. The molecule has 2 aliphatic carbocycles. The molecule has 1 unspecified atom stereocenters. The molecule has 0 saturated carbocycles. The topological polar surface area (TPSA) is 110 Å². The highest BCUT2D eigenvalue weighted by molar-refractivity contribution is 5.74. The van der Waals surface area contributed by atoms with Crippen molar-refractivity contribution >= 4 is 17.9 Å². The lowest BCUT2D eigenvalue weighted by Gasteiger charge is -2.43. The van der Waals surface area contributed by atoms with Gasteiger partial charge in [-0.3, -0.25) is 14.4 Å². The van der Waals surface area contributed by atoms with E-state index in [9.17, 15) is 24.6 Å². The lowest BCUT2D eigenvalue weighted by Crippen LogP contribution is -2.43. The number of cyclic esters (lactones) is 1. The van der Waals surface area contributed by atoms with E-state index in [2.05, 4.69) is 13.0 Å². The second-order valence-electron chi connectivity index (χ2n) is 9.32. The van der Waals surface area contributed by atoms with E-state index in [1.165, 1.54) is 0 Å². The summed E-state index contributed by atoms with van der Waals surface area (Å²) in [5.74, 6) is -2.26. The molecule has 0 aromatic carbocycles. The summed E-state index contributed by atoms with van der Waals surface area (Å²) in [5.41, 5.74) is 0.907. The fraction of sp³-hybridized carbons (Fsp3) is 0.708. The van der Waals surface area contributed by atoms with Crippen LogP contribution in [0, 0.1) is 29.6 Å². The van der Waals surface area contributed by atoms with E-state index in [1.54, 1.807) is 6.08 Å². The smallest absolute Gasteiger partial charge is 0.310 e. The SMILES string of the molecule is CCC(C)C(=O)O[C@H]1C[C@H](C(=O)O)C=C2C=C[C@H](C)[C@H](CC[C@@H]3C[C@@H](O)CC(=O)O3)[C@H]21. The standard InChI is InChI=1S/C24H34O7/c1-4-13(2)24(29)31-20-10-16(23(27)28)9-15-6-5-14(3)19(22(15)20)8-7-18-11-17(25)12-21(26)30-18/h5-6,9,13-14,16-20,22,25H,4,7-8,10-12H2,1-3H3,(H,27,28)/t13?,14-,16+,17+,18+,19-,20-,22-/m0/s1. The lowest BCUT2D eigenvalue weighted by molar-refractivity contribution is -0.163. The summed E-state index contributed by atoms with van der Waals surface area (Å²) in [6, 6.07) is 0. The van der Waals surface area contributed by atoms with Gasteiger partial charge in [-0.1, -0.05) is 39.0 Å². The zero-order valence-electron chi connectivity index (χ0n) is 18.5. The molecule has 31 heavy (non-hydrogen) atoms. The molecule has 0 aromatic rings. The number of esters is 2. The summed E-state index contributed by atoms with van der Waals surface area (Å²) in [6.07, 6.45) is 7.09. The van der Waals surface area contributed by atoms with Gasteiger partial charge in [0, 0.05) is 18.8 Å². The monoisotopic (exact) mass is 434 g/mol. The van der Waals surface area contributed by atoms with E-state index >= 15 is 0 Å². The minimum Gasteiger partial charge on any atom is -0.481 e. The number of ether oxygens (including phenoxy) is 2. The normalized spacial score (nSPS) is 36.1. The first kappa shape index (κ1) is 23.5. The lowest BCUT2D eigenvalue weighted by atomic mass is 9.65. The van der Waals surface area contributed by atoms with E-state index < -0.39 is 24.1 Å². The van der Waals surface area contributed by atoms with Gasteiger partial charge in [0.05, 0.1) is 24.4 Å². The Kier molecular flexibility index (Phi) is 7.57. The molecule has 0 radical (unpaired) electrons. The number of hydrogen-bond acceptors (Lipinski definition) is 6. The first-order valence-electron chi connectivity index (χ1n) is 11.4. The third-order valence-corrected chi connectivity index (χ3v) is 7.05. The van der Waals surface area contributed by atoms with Gasteiger partial charge in [-0.2, -0.15) is 0 Å². The van der Waals surface area contributed by atoms with Crippen molar-refractivity contribution in [2.45, 2.75) is 77.6 Å². The highest BCUT2D eigenvalue weighted by Crippen LogP contribution is 2.45. The molecule has 8 atom stereocenters. The van der Waals surface area contributed by atoms with Crippen molar-refractivity contribution < 1.29 is 34.1 Å². The molecule has 0 spiro atoms. The molecule has 1 aliphatic heterocycles. The third kappa shape index (κ3) is 5.56. The summed E-state index contributed by atoms with van der Waals surface area (Å²) in [4.78, 5) is 36.0. The number of carboxylic acid groups (broad SMARTS) is 1. The molecule has 0 aromatic heterocycles. The summed E-state index contributed by atoms with van der Waals surface area (Å²) < 4.78 is 11.3. The van der Waals surface area contributed by atoms with E-state index in [-0.39, 0.29) is 54.6 Å². The van der Waals surface area contributed by atoms with Crippen LogP contribution in [0.5, 0.6) is 0 Å². The van der Waals surface area contributed by atoms with Crippen LogP contribution in [0.2, 0.25) is 0 Å². The van der Waals surface area contributed by atoms with Gasteiger partial charge in [0.1, 0.15) is 12.2 Å². The molecule has 3 aliphatic rings. The number of aliphatic carboxylic acids is 1. The van der Waals surface area contributed by atoms with Gasteiger partial charge < -0.3 is 19.7 Å². The Labute approximate surface area is 183 Å². The Hall–Kier alpha value is -2.15. The minimum atomic E-state index is -0.915. The van der Waals surface area contributed by atoms with E-state index in [4.69, 9.17) is 9.47 Å². The number of fused-ring (bicyclic) bond motifs is 1. The number of carbonyl (C=O) groups excluding carboxylic acids is 2. The molecule has 0 amide bonds. The second-order valence-corrected chi connectivity index (χ2v) is 9.32. The minimum absolute atomic E-state index is 0.0405. The van der Waals surface area contributed by atoms with Crippen molar-refractivity contribution in [3.05, 3.63) is 23.8 Å². The maximum Gasteiger partial charge on any atom is 0.310 e. The molecule has 1 saturated heterocycles. The van der Waals surface area contributed by atoms with Gasteiger partial charge in [-0.05, 0) is 36.7 Å². The van der Waals surface area contributed by atoms with Gasteiger partial charge in [-0.15, -0.1) is 0 Å². The first-order chi connectivity index (χ1) is 14.7. The largest absolute Gasteiger partial charge is 0.481 e. The summed E-state index contributed by atoms with van der Waals surface area (Å²) in [5, 5.41) is 19.5. The van der Waals surface area contributed by atoms with Crippen LogP contribution in [0.4, 0.5) is 0 Å². The quantitative estimate of drug-likeness (QED) is 0.592. The number of rotatable bonds is 7. The number of hydrogen-bond donors (Lipinski definition) is 2. The van der Waals surface area contributed by atoms with Crippen LogP contribution in [0.1, 0.15) is 59.3 Å². The van der Waals surface area contributed by atoms with Crippen molar-refractivity contribution in [1.82, 2.24) is 0 Å². The number of carboxylic acids is 1. The molecule has 1 heterocycles. The second kappa shape index (κ2) is 9.98. The van der Waals surface area contributed by atoms with Crippen LogP contribution >= 0.6 is 0 Å². The average Bonchev–Trinajstić information content (AvgIpc) is 2.71. The van der Waals surface area contributed by atoms with Crippen LogP contribution in [-0.2, 0) is 23.9 Å². The van der Waals surface area contributed by atoms with Crippen molar-refractivity contribution in [1.29, 1.82) is 0 Å². The predicted octanol–water partition coefficient (Wildman–Crippen LogP) is 3.26. The Morgan fingerprint density at radius 1 is 1.29 bits per heavy atom. The Morgan fingerprint density at radius 3 is 2.68 bits per heavy atom. The Balaban J connectivity index is 1.80. The predicted molar refractivity (Wildman–Crippen MR) is 113 cm³/mol. The number of aliphatic hydroxyl groups is 1. The van der Waals surface area contributed by atoms with Crippen LogP contribution in [-0.4, -0.2) is 46.4 Å². The van der Waals surface area contributed by atoms with Crippen molar-refractivity contribution in [3.63, 3.8) is 0 Å². The van der Waals surface area contributed by atoms with Crippen molar-refractivity contribution in [2.75, 3.05) is 0 Å². The zero-order chi connectivity index (χ0) is 22.7. The van der Waals surface area contributed by atoms with Crippen molar-refractivity contribution in [2.24, 2.45) is 29.6 Å². The molecule has 7 heteroatoms. The van der Waals surface area contributed by atoms with Crippen molar-refractivity contribution in [3.8, 4) is 0 Å². The van der Waals surface area contributed by atoms with Gasteiger partial charge in [0.25, 0.3) is 0 Å². The van der Waals surface area contributed by atoms with E-state index in [0.29, 0.717) is 19.3 Å². The van der Waals surface area contributed by atoms with E-state index in [1.807, 2.05) is 19.9 Å². The molecule has 172 valence electrons. The summed E-state index contributed by atoms with van der Waals surface area (Å²) >= 11 is 0. The molecular formula is C24H34O7. The zero-order valence-corrected chi connectivity index (χ0v) is 18.5. The number of allylic oxidation sites excluding steroid dienone is 2. The van der Waals surface area contributed by atoms with Gasteiger partial charge in [-0.25, -0.2) is 0 Å². The van der Waals surface area contributed by atoms with Gasteiger partial charge >= 0.3 is 17.9 Å².